The summed E-state index contributed by atoms with van der Waals surface area (Å²) in [5, 5.41) is 0. The number of aryl methyl sites for hydroxylation is 1. The van der Waals surface area contributed by atoms with Crippen molar-refractivity contribution in [1.29, 1.82) is 0 Å². The summed E-state index contributed by atoms with van der Waals surface area (Å²) in [5.41, 5.74) is 1.96. The maximum absolute atomic E-state index is 10.7. The van der Waals surface area contributed by atoms with Crippen molar-refractivity contribution in [3.05, 3.63) is 35.9 Å². The second kappa shape index (κ2) is 3.90. The minimum absolute atomic E-state index is 0.297. The van der Waals surface area contributed by atoms with E-state index in [0.29, 0.717) is 5.75 Å². The monoisotopic (exact) mass is 176 g/mol. The van der Waals surface area contributed by atoms with Crippen LogP contribution in [-0.4, -0.2) is 5.97 Å². The number of benzene rings is 1. The SMILES string of the molecule is C=Cc1ccc(OC(C)=O)c(C)c1. The van der Waals surface area contributed by atoms with Crippen LogP contribution in [0.4, 0.5) is 0 Å². The molecule has 0 aromatic heterocycles. The van der Waals surface area contributed by atoms with Crippen molar-refractivity contribution in [1.82, 2.24) is 0 Å². The molecule has 0 saturated heterocycles. The molecule has 0 N–H and O–H groups in total. The molecule has 0 saturated carbocycles. The first kappa shape index (κ1) is 9.52. The highest BCUT2D eigenvalue weighted by Gasteiger charge is 2.01. The van der Waals surface area contributed by atoms with Crippen molar-refractivity contribution in [2.24, 2.45) is 0 Å². The van der Waals surface area contributed by atoms with Gasteiger partial charge in [-0.2, -0.15) is 0 Å². The van der Waals surface area contributed by atoms with Crippen LogP contribution < -0.4 is 4.74 Å². The molecule has 68 valence electrons. The second-order valence-corrected chi connectivity index (χ2v) is 2.82. The normalized spacial score (nSPS) is 9.38. The summed E-state index contributed by atoms with van der Waals surface area (Å²) in [6.45, 7) is 6.94. The van der Waals surface area contributed by atoms with Crippen molar-refractivity contribution in [2.45, 2.75) is 13.8 Å². The molecular formula is C11H12O2. The average Bonchev–Trinajstić information content (AvgIpc) is 2.08. The smallest absolute Gasteiger partial charge is 0.308 e. The molecule has 0 heterocycles. The van der Waals surface area contributed by atoms with Gasteiger partial charge in [0.25, 0.3) is 0 Å². The van der Waals surface area contributed by atoms with E-state index in [1.807, 2.05) is 19.1 Å². The third-order valence-corrected chi connectivity index (χ3v) is 1.69. The highest BCUT2D eigenvalue weighted by atomic mass is 16.5. The number of hydrogen-bond acceptors (Lipinski definition) is 2. The number of carbonyl (C=O) groups excluding carboxylic acids is 1. The molecule has 13 heavy (non-hydrogen) atoms. The van der Waals surface area contributed by atoms with Gasteiger partial charge in [0.1, 0.15) is 5.75 Å². The Balaban J connectivity index is 2.98. The summed E-state index contributed by atoms with van der Waals surface area (Å²) < 4.78 is 4.97. The van der Waals surface area contributed by atoms with Crippen molar-refractivity contribution in [3.63, 3.8) is 0 Å². The van der Waals surface area contributed by atoms with Gasteiger partial charge < -0.3 is 4.74 Å². The molecule has 0 aliphatic rings. The van der Waals surface area contributed by atoms with E-state index in [9.17, 15) is 4.79 Å². The zero-order chi connectivity index (χ0) is 9.84. The number of carbonyl (C=O) groups is 1. The maximum Gasteiger partial charge on any atom is 0.308 e. The maximum atomic E-state index is 10.7. The lowest BCUT2D eigenvalue weighted by Gasteiger charge is -2.05. The minimum Gasteiger partial charge on any atom is -0.426 e. The van der Waals surface area contributed by atoms with Crippen molar-refractivity contribution >= 4 is 12.0 Å². The third-order valence-electron chi connectivity index (χ3n) is 1.69. The summed E-state index contributed by atoms with van der Waals surface area (Å²) in [4.78, 5) is 10.7. The van der Waals surface area contributed by atoms with Gasteiger partial charge in [-0.1, -0.05) is 18.7 Å². The molecule has 1 aromatic carbocycles. The largest absolute Gasteiger partial charge is 0.426 e. The van der Waals surface area contributed by atoms with Crippen LogP contribution in [0.1, 0.15) is 18.1 Å². The lowest BCUT2D eigenvalue weighted by atomic mass is 10.1. The van der Waals surface area contributed by atoms with Gasteiger partial charge in [0, 0.05) is 6.92 Å². The quantitative estimate of drug-likeness (QED) is 0.511. The number of rotatable bonds is 2. The van der Waals surface area contributed by atoms with Crippen molar-refractivity contribution in [2.75, 3.05) is 0 Å². The van der Waals surface area contributed by atoms with Crippen LogP contribution in [0.5, 0.6) is 5.75 Å². The van der Waals surface area contributed by atoms with Gasteiger partial charge in [-0.3, -0.25) is 4.79 Å². The van der Waals surface area contributed by atoms with Gasteiger partial charge in [0.15, 0.2) is 0 Å². The van der Waals surface area contributed by atoms with Gasteiger partial charge in [-0.05, 0) is 30.2 Å². The Bertz CT molecular complexity index is 340. The first-order chi connectivity index (χ1) is 6.13. The fourth-order valence-corrected chi connectivity index (χ4v) is 1.07. The van der Waals surface area contributed by atoms with Gasteiger partial charge in [0.05, 0.1) is 0 Å². The van der Waals surface area contributed by atoms with E-state index >= 15 is 0 Å². The Hall–Kier alpha value is -1.57. The summed E-state index contributed by atoms with van der Waals surface area (Å²) in [5.74, 6) is 0.313. The van der Waals surface area contributed by atoms with Crippen LogP contribution >= 0.6 is 0 Å². The molecule has 0 bridgehead atoms. The summed E-state index contributed by atoms with van der Waals surface area (Å²) in [6, 6.07) is 5.55. The van der Waals surface area contributed by atoms with E-state index in [-0.39, 0.29) is 5.97 Å². The van der Waals surface area contributed by atoms with Crippen LogP contribution in [-0.2, 0) is 4.79 Å². The van der Waals surface area contributed by atoms with Crippen LogP contribution in [0.25, 0.3) is 6.08 Å². The van der Waals surface area contributed by atoms with Gasteiger partial charge in [-0.25, -0.2) is 0 Å². The molecule has 0 aliphatic carbocycles. The predicted molar refractivity (Wildman–Crippen MR) is 52.6 cm³/mol. The Morgan fingerprint density at radius 2 is 2.23 bits per heavy atom. The van der Waals surface area contributed by atoms with Gasteiger partial charge >= 0.3 is 5.97 Å². The van der Waals surface area contributed by atoms with Crippen LogP contribution in [0.2, 0.25) is 0 Å². The minimum atomic E-state index is -0.297. The lowest BCUT2D eigenvalue weighted by Crippen LogP contribution is -2.02. The highest BCUT2D eigenvalue weighted by molar-refractivity contribution is 5.70. The third kappa shape index (κ3) is 2.44. The molecule has 0 aliphatic heterocycles. The van der Waals surface area contributed by atoms with Crippen LogP contribution in [0, 0.1) is 6.92 Å². The van der Waals surface area contributed by atoms with Crippen molar-refractivity contribution in [3.8, 4) is 5.75 Å². The Labute approximate surface area is 77.8 Å². The fourth-order valence-electron chi connectivity index (χ4n) is 1.07. The molecule has 1 aromatic rings. The molecule has 0 radical (unpaired) electrons. The molecule has 2 heteroatoms. The van der Waals surface area contributed by atoms with E-state index in [2.05, 4.69) is 6.58 Å². The van der Waals surface area contributed by atoms with E-state index in [1.165, 1.54) is 6.92 Å². The number of esters is 1. The molecule has 0 fully saturated rings. The molecular weight excluding hydrogens is 164 g/mol. The molecule has 0 amide bonds. The fraction of sp³-hybridized carbons (Fsp3) is 0.182. The standard InChI is InChI=1S/C11H12O2/c1-4-10-5-6-11(8(2)7-10)13-9(3)12/h4-7H,1H2,2-3H3. The zero-order valence-electron chi connectivity index (χ0n) is 7.83. The lowest BCUT2D eigenvalue weighted by molar-refractivity contribution is -0.131. The van der Waals surface area contributed by atoms with Crippen LogP contribution in [0.15, 0.2) is 24.8 Å². The van der Waals surface area contributed by atoms with E-state index in [0.717, 1.165) is 11.1 Å². The molecule has 2 nitrogen and oxygen atoms in total. The van der Waals surface area contributed by atoms with E-state index < -0.39 is 0 Å². The number of ether oxygens (including phenoxy) is 1. The predicted octanol–water partition coefficient (Wildman–Crippen LogP) is 2.56. The summed E-state index contributed by atoms with van der Waals surface area (Å²) in [6.07, 6.45) is 1.75. The highest BCUT2D eigenvalue weighted by Crippen LogP contribution is 2.19. The second-order valence-electron chi connectivity index (χ2n) is 2.82. The van der Waals surface area contributed by atoms with Gasteiger partial charge in [0.2, 0.25) is 0 Å². The molecule has 0 atom stereocenters. The van der Waals surface area contributed by atoms with E-state index in [4.69, 9.17) is 4.74 Å². The molecule has 1 rings (SSSR count). The zero-order valence-corrected chi connectivity index (χ0v) is 7.83. The molecule has 0 unspecified atom stereocenters. The molecule has 0 spiro atoms. The summed E-state index contributed by atoms with van der Waals surface area (Å²) >= 11 is 0. The Kier molecular flexibility index (Phi) is 2.85. The first-order valence-corrected chi connectivity index (χ1v) is 4.05. The van der Waals surface area contributed by atoms with Gasteiger partial charge in [-0.15, -0.1) is 0 Å². The van der Waals surface area contributed by atoms with Crippen molar-refractivity contribution < 1.29 is 9.53 Å². The topological polar surface area (TPSA) is 26.3 Å². The average molecular weight is 176 g/mol. The number of hydrogen-bond donors (Lipinski definition) is 0. The van der Waals surface area contributed by atoms with E-state index in [1.54, 1.807) is 12.1 Å². The van der Waals surface area contributed by atoms with Crippen LogP contribution in [0.3, 0.4) is 0 Å². The Morgan fingerprint density at radius 3 is 2.69 bits per heavy atom. The Morgan fingerprint density at radius 1 is 1.54 bits per heavy atom. The summed E-state index contributed by atoms with van der Waals surface area (Å²) in [7, 11) is 0. The first-order valence-electron chi connectivity index (χ1n) is 4.05.